The summed E-state index contributed by atoms with van der Waals surface area (Å²) in [5.41, 5.74) is -1.52. The monoisotopic (exact) mass is 526 g/mol. The van der Waals surface area contributed by atoms with Crippen LogP contribution in [0, 0.1) is 0 Å². The summed E-state index contributed by atoms with van der Waals surface area (Å²) in [4.78, 5) is 55.3. The van der Waals surface area contributed by atoms with Gasteiger partial charge in [-0.1, -0.05) is 0 Å². The van der Waals surface area contributed by atoms with E-state index >= 15 is 0 Å². The number of aromatic nitrogens is 2. The number of nitrogens with zero attached hydrogens (tertiary/aromatic N) is 3. The van der Waals surface area contributed by atoms with Gasteiger partial charge in [-0.15, -0.1) is 0 Å². The number of aliphatic hydroxyl groups excluding tert-OH is 3. The molecule has 32 heavy (non-hydrogen) atoms. The highest BCUT2D eigenvalue weighted by molar-refractivity contribution is 7.66. The summed E-state index contributed by atoms with van der Waals surface area (Å²) in [5.74, 6) is -0.290. The van der Waals surface area contributed by atoms with E-state index in [-0.39, 0.29) is 5.82 Å². The van der Waals surface area contributed by atoms with Gasteiger partial charge in [0.25, 0.3) is 5.56 Å². The van der Waals surface area contributed by atoms with Gasteiger partial charge in [0.15, 0.2) is 17.7 Å². The molecule has 3 heterocycles. The Morgan fingerprint density at radius 2 is 1.78 bits per heavy atom. The van der Waals surface area contributed by atoms with E-state index in [1.165, 1.54) is 0 Å². The lowest BCUT2D eigenvalue weighted by atomic mass is 10.1. The summed E-state index contributed by atoms with van der Waals surface area (Å²) in [7, 11) is -17.1. The molecule has 3 rings (SSSR count). The van der Waals surface area contributed by atoms with E-state index in [9.17, 15) is 43.6 Å². The SMILES string of the molecule is O=c1[nH]cnc2c1N(OP(=O)(O)OP(=O)(O)OP(=O)(O)O)CN2[C@@H]1O[C@H](CO)[C@@H](O)[C@H]1O. The quantitative estimate of drug-likeness (QED) is 0.157. The smallest absolute Gasteiger partial charge is 0.394 e. The van der Waals surface area contributed by atoms with Gasteiger partial charge >= 0.3 is 23.5 Å². The van der Waals surface area contributed by atoms with Crippen molar-refractivity contribution in [1.29, 1.82) is 0 Å². The van der Waals surface area contributed by atoms with Crippen molar-refractivity contribution in [2.75, 3.05) is 23.2 Å². The first-order valence-corrected chi connectivity index (χ1v) is 12.7. The molecule has 1 aromatic rings. The normalized spacial score (nSPS) is 29.6. The average molecular weight is 526 g/mol. The van der Waals surface area contributed by atoms with E-state index < -0.39 is 72.5 Å². The molecule has 0 radical (unpaired) electrons. The molecule has 8 N–H and O–H groups in total. The molecule has 6 atom stereocenters. The van der Waals surface area contributed by atoms with Crippen molar-refractivity contribution in [1.82, 2.24) is 9.97 Å². The number of nitrogens with one attached hydrogen (secondary N) is 1. The molecule has 0 bridgehead atoms. The van der Waals surface area contributed by atoms with Gasteiger partial charge in [0.05, 0.1) is 12.9 Å². The number of fused-ring (bicyclic) bond motifs is 1. The Balaban J connectivity index is 1.86. The van der Waals surface area contributed by atoms with Gasteiger partial charge in [-0.25, -0.2) is 23.7 Å². The summed E-state index contributed by atoms with van der Waals surface area (Å²) >= 11 is 0. The molecule has 22 heteroatoms. The summed E-state index contributed by atoms with van der Waals surface area (Å²) in [6.45, 7) is -1.38. The Morgan fingerprint density at radius 3 is 2.34 bits per heavy atom. The van der Waals surface area contributed by atoms with Gasteiger partial charge in [-0.2, -0.15) is 13.2 Å². The zero-order valence-electron chi connectivity index (χ0n) is 15.4. The first-order chi connectivity index (χ1) is 14.6. The molecule has 1 saturated heterocycles. The molecule has 1 aromatic heterocycles. The topological polar surface area (TPSA) is 282 Å². The lowest BCUT2D eigenvalue weighted by Crippen LogP contribution is -2.46. The third-order valence-electron chi connectivity index (χ3n) is 4.05. The lowest BCUT2D eigenvalue weighted by Gasteiger charge is -2.28. The Kier molecular flexibility index (Phi) is 6.99. The third-order valence-corrected chi connectivity index (χ3v) is 7.78. The second kappa shape index (κ2) is 8.83. The summed E-state index contributed by atoms with van der Waals surface area (Å²) in [6, 6.07) is 0. The van der Waals surface area contributed by atoms with E-state index in [2.05, 4.69) is 23.2 Å². The van der Waals surface area contributed by atoms with Crippen molar-refractivity contribution < 1.29 is 66.6 Å². The molecule has 0 spiro atoms. The van der Waals surface area contributed by atoms with Crippen molar-refractivity contribution in [3.63, 3.8) is 0 Å². The van der Waals surface area contributed by atoms with Crippen LogP contribution in [0.1, 0.15) is 0 Å². The highest BCUT2D eigenvalue weighted by Crippen LogP contribution is 2.66. The van der Waals surface area contributed by atoms with Crippen LogP contribution >= 0.6 is 23.5 Å². The second-order valence-corrected chi connectivity index (χ2v) is 10.6. The van der Waals surface area contributed by atoms with Gasteiger partial charge < -0.3 is 49.5 Å². The summed E-state index contributed by atoms with van der Waals surface area (Å²) < 4.78 is 51.4. The minimum atomic E-state index is -5.82. The predicted molar refractivity (Wildman–Crippen MR) is 97.4 cm³/mol. The number of hydroxylamine groups is 1. The largest absolute Gasteiger partial charge is 0.502 e. The first-order valence-electron chi connectivity index (χ1n) is 8.22. The maximum atomic E-state index is 12.2. The zero-order valence-corrected chi connectivity index (χ0v) is 18.1. The molecule has 1 fully saturated rings. The molecule has 19 nitrogen and oxygen atoms in total. The van der Waals surface area contributed by atoms with Crippen molar-refractivity contribution in [3.8, 4) is 0 Å². The Hall–Kier alpha value is -1.27. The van der Waals surface area contributed by atoms with Crippen molar-refractivity contribution in [2.24, 2.45) is 0 Å². The third kappa shape index (κ3) is 5.44. The number of aliphatic hydroxyl groups is 3. The minimum absolute atomic E-state index is 0.290. The van der Waals surface area contributed by atoms with Crippen LogP contribution < -0.4 is 15.5 Å². The van der Waals surface area contributed by atoms with Crippen LogP contribution in [0.4, 0.5) is 11.5 Å². The standard InChI is InChI=1S/C10H17N4O15P3/c15-1-4-6(16)7(17)10(26-4)13-3-14(5-8(13)11-2-12-9(5)18)27-31(22,23)29-32(24,25)28-30(19,20)21/h2,4,6-7,10,15-17H,1,3H2,(H,22,23)(H,24,25)(H,11,12,18)(H2,19,20,21)/t4-,6-,7-,10-/m1/s1. The molecule has 0 aliphatic carbocycles. The van der Waals surface area contributed by atoms with E-state index in [1.54, 1.807) is 0 Å². The average Bonchev–Trinajstić information content (AvgIpc) is 3.10. The maximum Gasteiger partial charge on any atom is 0.502 e. The molecule has 0 saturated carbocycles. The molecule has 2 aliphatic rings. The van der Waals surface area contributed by atoms with E-state index in [0.717, 1.165) is 11.2 Å². The summed E-state index contributed by atoms with van der Waals surface area (Å²) in [6.07, 6.45) is -4.89. The van der Waals surface area contributed by atoms with Crippen LogP contribution in [0.25, 0.3) is 0 Å². The van der Waals surface area contributed by atoms with Gasteiger partial charge in [-0.05, 0) is 0 Å². The van der Waals surface area contributed by atoms with E-state index in [0.29, 0.717) is 5.06 Å². The number of ether oxygens (including phenoxy) is 1. The van der Waals surface area contributed by atoms with Crippen LogP contribution in [0.5, 0.6) is 0 Å². The van der Waals surface area contributed by atoms with Crippen LogP contribution in [-0.2, 0) is 31.7 Å². The molecule has 182 valence electrons. The van der Waals surface area contributed by atoms with E-state index in [4.69, 9.17) is 14.5 Å². The van der Waals surface area contributed by atoms with E-state index in [1.807, 2.05) is 0 Å². The summed E-state index contributed by atoms with van der Waals surface area (Å²) in [5, 5.41) is 29.7. The Labute approximate surface area is 176 Å². The van der Waals surface area contributed by atoms with Crippen molar-refractivity contribution >= 4 is 35.0 Å². The second-order valence-electron chi connectivity index (χ2n) is 6.30. The number of hydrogen-bond donors (Lipinski definition) is 8. The number of anilines is 2. The van der Waals surface area contributed by atoms with Crippen LogP contribution in [0.3, 0.4) is 0 Å². The number of rotatable bonds is 8. The Bertz CT molecular complexity index is 1060. The van der Waals surface area contributed by atoms with Gasteiger partial charge in [0, 0.05) is 0 Å². The van der Waals surface area contributed by atoms with Crippen LogP contribution in [0.15, 0.2) is 11.1 Å². The number of aromatic amines is 1. The van der Waals surface area contributed by atoms with Crippen molar-refractivity contribution in [3.05, 3.63) is 16.7 Å². The zero-order chi connectivity index (χ0) is 24.1. The molecule has 2 unspecified atom stereocenters. The molecule has 2 aliphatic heterocycles. The highest BCUT2D eigenvalue weighted by atomic mass is 31.3. The van der Waals surface area contributed by atoms with Crippen LogP contribution in [-0.4, -0.2) is 82.7 Å². The highest BCUT2D eigenvalue weighted by Gasteiger charge is 2.50. The fourth-order valence-electron chi connectivity index (χ4n) is 2.92. The first kappa shape index (κ1) is 25.4. The van der Waals surface area contributed by atoms with Gasteiger partial charge in [0.2, 0.25) is 0 Å². The number of H-pyrrole nitrogens is 1. The maximum absolute atomic E-state index is 12.2. The fraction of sp³-hybridized carbons (Fsp3) is 0.600. The molecular weight excluding hydrogens is 509 g/mol. The predicted octanol–water partition coefficient (Wildman–Crippen LogP) is -2.95. The van der Waals surface area contributed by atoms with Crippen molar-refractivity contribution in [2.45, 2.75) is 24.5 Å². The minimum Gasteiger partial charge on any atom is -0.394 e. The van der Waals surface area contributed by atoms with Gasteiger partial charge in [0.1, 0.15) is 25.0 Å². The fourth-order valence-corrected chi connectivity index (χ4v) is 5.93. The molecular formula is C10H17N4O15P3. The molecule has 0 amide bonds. The Morgan fingerprint density at radius 1 is 1.12 bits per heavy atom. The van der Waals surface area contributed by atoms with Gasteiger partial charge in [-0.3, -0.25) is 4.79 Å². The lowest BCUT2D eigenvalue weighted by molar-refractivity contribution is -0.0229. The number of hydrogen-bond acceptors (Lipinski definition) is 14. The molecule has 0 aromatic carbocycles. The number of phosphoric acid groups is 3. The van der Waals surface area contributed by atoms with Crippen LogP contribution in [0.2, 0.25) is 0 Å².